The molecule has 170 valence electrons. The molecule has 3 heterocycles. The second-order valence-electron chi connectivity index (χ2n) is 7.60. The fourth-order valence-corrected chi connectivity index (χ4v) is 4.13. The van der Waals surface area contributed by atoms with Crippen LogP contribution in [-0.4, -0.2) is 39.5 Å². The predicted octanol–water partition coefficient (Wildman–Crippen LogP) is 4.12. The Labute approximate surface area is 188 Å². The molecular formula is C24H22F2N4O3. The average molecular weight is 452 g/mol. The van der Waals surface area contributed by atoms with Gasteiger partial charge in [-0.05, 0) is 49.4 Å². The van der Waals surface area contributed by atoms with E-state index in [4.69, 9.17) is 14.6 Å². The van der Waals surface area contributed by atoms with E-state index in [2.05, 4.69) is 10.3 Å². The summed E-state index contributed by atoms with van der Waals surface area (Å²) in [6.07, 6.45) is -0.852. The summed E-state index contributed by atoms with van der Waals surface area (Å²) >= 11 is 0. The first-order valence-electron chi connectivity index (χ1n) is 10.6. The van der Waals surface area contributed by atoms with E-state index in [0.717, 1.165) is 11.3 Å². The van der Waals surface area contributed by atoms with E-state index in [0.29, 0.717) is 34.9 Å². The van der Waals surface area contributed by atoms with Crippen LogP contribution in [0.5, 0.6) is 11.5 Å². The number of imidazole rings is 1. The van der Waals surface area contributed by atoms with Gasteiger partial charge in [-0.25, -0.2) is 9.50 Å². The van der Waals surface area contributed by atoms with Gasteiger partial charge in [0.25, 0.3) is 0 Å². The van der Waals surface area contributed by atoms with Crippen LogP contribution >= 0.6 is 0 Å². The molecule has 7 nitrogen and oxygen atoms in total. The summed E-state index contributed by atoms with van der Waals surface area (Å²) in [4.78, 5) is 4.58. The number of nitrogens with one attached hydrogen (secondary N) is 1. The molecule has 33 heavy (non-hydrogen) atoms. The Morgan fingerprint density at radius 2 is 1.91 bits per heavy atom. The second-order valence-corrected chi connectivity index (χ2v) is 7.60. The molecular weight excluding hydrogens is 430 g/mol. The lowest BCUT2D eigenvalue weighted by atomic mass is 9.96. The first-order valence-corrected chi connectivity index (χ1v) is 10.6. The second kappa shape index (κ2) is 8.76. The van der Waals surface area contributed by atoms with Gasteiger partial charge in [-0.2, -0.15) is 13.9 Å². The number of aliphatic hydroxyl groups excluding tert-OH is 1. The maximum atomic E-state index is 13.0. The van der Waals surface area contributed by atoms with Gasteiger partial charge in [-0.3, -0.25) is 0 Å². The lowest BCUT2D eigenvalue weighted by Gasteiger charge is -2.28. The van der Waals surface area contributed by atoms with Gasteiger partial charge in [0.1, 0.15) is 17.6 Å². The summed E-state index contributed by atoms with van der Waals surface area (Å²) < 4.78 is 37.9. The summed E-state index contributed by atoms with van der Waals surface area (Å²) in [5, 5.41) is 18.6. The van der Waals surface area contributed by atoms with Gasteiger partial charge in [0.05, 0.1) is 29.7 Å². The minimum Gasteiger partial charge on any atom is -0.494 e. The SMILES string of the molecule is CCOc1ccc(-c2ccc3nc4c(n3n2)[C@@H](c2ccccc2OC(F)F)NC[C@H]4O)cc1. The molecule has 4 aromatic rings. The number of fused-ring (bicyclic) bond motifs is 3. The number of benzene rings is 2. The third-order valence-electron chi connectivity index (χ3n) is 5.55. The number of aromatic nitrogens is 3. The standard InChI is InChI=1S/C24H22F2N4O3/c1-2-32-15-9-7-14(8-10-15)17-11-12-20-28-22-18(31)13-27-21(23(22)30(20)29-17)16-5-3-4-6-19(16)33-24(25)26/h3-12,18,21,24,27,31H,2,13H2,1H3/t18-,21-/m1/s1. The van der Waals surface area contributed by atoms with Crippen molar-refractivity contribution in [3.05, 3.63) is 77.6 Å². The molecule has 0 saturated heterocycles. The number of nitrogens with zero attached hydrogens (tertiary/aromatic N) is 3. The van der Waals surface area contributed by atoms with Crippen LogP contribution < -0.4 is 14.8 Å². The van der Waals surface area contributed by atoms with Crippen LogP contribution in [0.15, 0.2) is 60.7 Å². The first kappa shape index (κ1) is 21.3. The third kappa shape index (κ3) is 4.01. The van der Waals surface area contributed by atoms with Gasteiger partial charge >= 0.3 is 6.61 Å². The quantitative estimate of drug-likeness (QED) is 0.458. The minimum absolute atomic E-state index is 0.0601. The molecule has 9 heteroatoms. The van der Waals surface area contributed by atoms with Crippen LogP contribution in [0, 0.1) is 0 Å². The molecule has 0 bridgehead atoms. The molecule has 0 spiro atoms. The van der Waals surface area contributed by atoms with E-state index in [-0.39, 0.29) is 12.3 Å². The molecule has 2 aromatic heterocycles. The summed E-state index contributed by atoms with van der Waals surface area (Å²) in [6.45, 7) is -0.227. The van der Waals surface area contributed by atoms with E-state index in [1.54, 1.807) is 22.7 Å². The average Bonchev–Trinajstić information content (AvgIpc) is 3.20. The number of aliphatic hydroxyl groups is 1. The Hall–Kier alpha value is -3.56. The largest absolute Gasteiger partial charge is 0.494 e. The lowest BCUT2D eigenvalue weighted by molar-refractivity contribution is -0.0507. The molecule has 2 N–H and O–H groups in total. The van der Waals surface area contributed by atoms with Crippen LogP contribution in [0.1, 0.15) is 36.0 Å². The number of rotatable bonds is 6. The van der Waals surface area contributed by atoms with E-state index in [1.807, 2.05) is 43.3 Å². The van der Waals surface area contributed by atoms with Crippen molar-refractivity contribution in [2.75, 3.05) is 13.2 Å². The lowest BCUT2D eigenvalue weighted by Crippen LogP contribution is -2.35. The van der Waals surface area contributed by atoms with Crippen molar-refractivity contribution in [3.63, 3.8) is 0 Å². The summed E-state index contributed by atoms with van der Waals surface area (Å²) in [5.41, 5.74) is 3.69. The van der Waals surface area contributed by atoms with Gasteiger partial charge in [0.2, 0.25) is 0 Å². The zero-order valence-electron chi connectivity index (χ0n) is 17.8. The smallest absolute Gasteiger partial charge is 0.387 e. The molecule has 0 fully saturated rings. The van der Waals surface area contributed by atoms with Gasteiger partial charge < -0.3 is 19.9 Å². The minimum atomic E-state index is -2.95. The highest BCUT2D eigenvalue weighted by Gasteiger charge is 2.34. The zero-order valence-corrected chi connectivity index (χ0v) is 17.8. The fraction of sp³-hybridized carbons (Fsp3) is 0.250. The number of hydrogen-bond donors (Lipinski definition) is 2. The molecule has 0 aliphatic carbocycles. The summed E-state index contributed by atoms with van der Waals surface area (Å²) in [6, 6.07) is 17.3. The number of ether oxygens (including phenoxy) is 2. The molecule has 0 amide bonds. The summed E-state index contributed by atoms with van der Waals surface area (Å²) in [7, 11) is 0. The Morgan fingerprint density at radius 3 is 2.67 bits per heavy atom. The highest BCUT2D eigenvalue weighted by Crippen LogP contribution is 2.37. The van der Waals surface area contributed by atoms with Crippen LogP contribution in [0.2, 0.25) is 0 Å². The number of halogens is 2. The van der Waals surface area contributed by atoms with Gasteiger partial charge in [-0.1, -0.05) is 18.2 Å². The van der Waals surface area contributed by atoms with E-state index >= 15 is 0 Å². The normalized spacial score (nSPS) is 17.8. The van der Waals surface area contributed by atoms with Crippen molar-refractivity contribution in [2.45, 2.75) is 25.7 Å². The number of alkyl halides is 2. The van der Waals surface area contributed by atoms with Crippen molar-refractivity contribution in [2.24, 2.45) is 0 Å². The van der Waals surface area contributed by atoms with Crippen molar-refractivity contribution in [3.8, 4) is 22.8 Å². The van der Waals surface area contributed by atoms with E-state index < -0.39 is 18.8 Å². The van der Waals surface area contributed by atoms with Crippen molar-refractivity contribution >= 4 is 5.65 Å². The Balaban J connectivity index is 1.62. The third-order valence-corrected chi connectivity index (χ3v) is 5.55. The maximum absolute atomic E-state index is 13.0. The molecule has 1 aliphatic heterocycles. The van der Waals surface area contributed by atoms with Crippen LogP contribution in [0.25, 0.3) is 16.9 Å². The Morgan fingerprint density at radius 1 is 1.12 bits per heavy atom. The zero-order chi connectivity index (χ0) is 22.9. The molecule has 2 atom stereocenters. The number of β-amino-alcohol motifs (C(OH)–C–C–N with tert-alkyl or cyclic N) is 1. The molecule has 0 saturated carbocycles. The molecule has 5 rings (SSSR count). The van der Waals surface area contributed by atoms with Crippen molar-refractivity contribution in [1.29, 1.82) is 0 Å². The first-order chi connectivity index (χ1) is 16.0. The molecule has 0 radical (unpaired) electrons. The number of hydrogen-bond acceptors (Lipinski definition) is 6. The van der Waals surface area contributed by atoms with Crippen LogP contribution in [0.4, 0.5) is 8.78 Å². The van der Waals surface area contributed by atoms with Gasteiger partial charge in [0, 0.05) is 17.7 Å². The monoisotopic (exact) mass is 452 g/mol. The van der Waals surface area contributed by atoms with Crippen molar-refractivity contribution in [1.82, 2.24) is 19.9 Å². The Bertz CT molecular complexity index is 1280. The Kier molecular flexibility index (Phi) is 5.65. The van der Waals surface area contributed by atoms with Gasteiger partial charge in [0.15, 0.2) is 5.65 Å². The van der Waals surface area contributed by atoms with Crippen LogP contribution in [-0.2, 0) is 0 Å². The van der Waals surface area contributed by atoms with E-state index in [9.17, 15) is 13.9 Å². The molecule has 2 aromatic carbocycles. The summed E-state index contributed by atoms with van der Waals surface area (Å²) in [5.74, 6) is 0.829. The van der Waals surface area contributed by atoms with E-state index in [1.165, 1.54) is 6.07 Å². The van der Waals surface area contributed by atoms with Crippen molar-refractivity contribution < 1.29 is 23.4 Å². The molecule has 0 unspecified atom stereocenters. The van der Waals surface area contributed by atoms with Gasteiger partial charge in [-0.15, -0.1) is 0 Å². The number of para-hydroxylation sites is 1. The highest BCUT2D eigenvalue weighted by molar-refractivity contribution is 5.62. The highest BCUT2D eigenvalue weighted by atomic mass is 19.3. The van der Waals surface area contributed by atoms with Crippen LogP contribution in [0.3, 0.4) is 0 Å². The fourth-order valence-electron chi connectivity index (χ4n) is 4.13. The topological polar surface area (TPSA) is 80.9 Å². The maximum Gasteiger partial charge on any atom is 0.387 e. The molecule has 1 aliphatic rings. The predicted molar refractivity (Wildman–Crippen MR) is 117 cm³/mol.